The van der Waals surface area contributed by atoms with E-state index in [1.54, 1.807) is 0 Å². The van der Waals surface area contributed by atoms with E-state index in [4.69, 9.17) is 45.3 Å². The van der Waals surface area contributed by atoms with Gasteiger partial charge in [-0.1, -0.05) is 35.3 Å². The quantitative estimate of drug-likeness (QED) is 0.476. The van der Waals surface area contributed by atoms with E-state index < -0.39 is 12.1 Å². The van der Waals surface area contributed by atoms with E-state index in [0.717, 1.165) is 35.9 Å². The summed E-state index contributed by atoms with van der Waals surface area (Å²) in [4.78, 5) is 11.2. The molecule has 0 aliphatic carbocycles. The van der Waals surface area contributed by atoms with Gasteiger partial charge in [-0.25, -0.2) is 4.79 Å². The lowest BCUT2D eigenvalue weighted by atomic mass is 9.84. The Hall–Kier alpha value is -2.07. The minimum atomic E-state index is -5.08. The number of halogens is 5. The van der Waals surface area contributed by atoms with Gasteiger partial charge in [0.15, 0.2) is 5.11 Å². The summed E-state index contributed by atoms with van der Waals surface area (Å²) in [5.74, 6) is -2.54. The summed E-state index contributed by atoms with van der Waals surface area (Å²) in [5, 5.41) is 15.5. The van der Waals surface area contributed by atoms with Gasteiger partial charge in [0.2, 0.25) is 0 Å². The fraction of sp³-hybridized carbons (Fsp3) is 0.333. The van der Waals surface area contributed by atoms with Crippen LogP contribution in [0.25, 0.3) is 0 Å². The highest BCUT2D eigenvalue weighted by Crippen LogP contribution is 2.38. The van der Waals surface area contributed by atoms with Gasteiger partial charge in [-0.05, 0) is 67.1 Å². The molecule has 0 fully saturated rings. The molecule has 5 nitrogen and oxygen atoms in total. The van der Waals surface area contributed by atoms with Gasteiger partial charge in [0, 0.05) is 41.3 Å². The van der Waals surface area contributed by atoms with E-state index in [0.29, 0.717) is 10.1 Å². The first-order valence-electron chi connectivity index (χ1n) is 9.53. The summed E-state index contributed by atoms with van der Waals surface area (Å²) >= 11 is 18.0. The highest BCUT2D eigenvalue weighted by molar-refractivity contribution is 7.80. The second-order valence-corrected chi connectivity index (χ2v) is 8.37. The Balaban J connectivity index is 0.000000451. The number of thiocarbonyl (C=S) groups is 1. The topological polar surface area (TPSA) is 64.6 Å². The zero-order valence-electron chi connectivity index (χ0n) is 17.3. The molecule has 174 valence electrons. The van der Waals surface area contributed by atoms with Crippen LogP contribution < -0.4 is 10.6 Å². The van der Waals surface area contributed by atoms with Crippen LogP contribution in [0.1, 0.15) is 29.5 Å². The lowest BCUT2D eigenvalue weighted by molar-refractivity contribution is -0.192. The number of nitrogens with zero attached hydrogens (tertiary/aromatic N) is 1. The number of aliphatic carboxylic acids is 1. The summed E-state index contributed by atoms with van der Waals surface area (Å²) in [7, 11) is 2.11. The molecular formula is C21H22Cl2F3N3O2S. The van der Waals surface area contributed by atoms with Crippen molar-refractivity contribution in [2.24, 2.45) is 0 Å². The number of fused-ring (bicyclic) bond motifs is 1. The highest BCUT2D eigenvalue weighted by atomic mass is 35.5. The molecule has 3 rings (SSSR count). The number of carboxylic acid groups (broad SMARTS) is 1. The Labute approximate surface area is 199 Å². The number of nitrogens with one attached hydrogen (secondary N) is 2. The molecule has 1 aliphatic heterocycles. The molecule has 32 heavy (non-hydrogen) atoms. The fourth-order valence-corrected chi connectivity index (χ4v) is 4.13. The lowest BCUT2D eigenvalue weighted by Gasteiger charge is -2.33. The number of benzene rings is 2. The molecule has 3 N–H and O–H groups in total. The van der Waals surface area contributed by atoms with Crippen molar-refractivity contribution in [2.45, 2.75) is 25.6 Å². The number of anilines is 1. The van der Waals surface area contributed by atoms with Gasteiger partial charge in [0.1, 0.15) is 0 Å². The molecule has 0 spiro atoms. The van der Waals surface area contributed by atoms with Crippen LogP contribution in [0, 0.1) is 0 Å². The second kappa shape index (κ2) is 11.2. The highest BCUT2D eigenvalue weighted by Gasteiger charge is 2.38. The minimum Gasteiger partial charge on any atom is -0.475 e. The van der Waals surface area contributed by atoms with Gasteiger partial charge in [-0.2, -0.15) is 13.2 Å². The zero-order valence-corrected chi connectivity index (χ0v) is 19.6. The Morgan fingerprint density at radius 1 is 1.28 bits per heavy atom. The zero-order chi connectivity index (χ0) is 24.1. The van der Waals surface area contributed by atoms with Crippen LogP contribution in [0.15, 0.2) is 36.4 Å². The molecule has 0 saturated heterocycles. The van der Waals surface area contributed by atoms with Gasteiger partial charge in [0.25, 0.3) is 0 Å². The van der Waals surface area contributed by atoms with E-state index in [1.165, 1.54) is 11.1 Å². The SMILES string of the molecule is CCNC(=S)Nc1cccc(C2CN(C)Cc3c(Cl)cc(Cl)cc32)c1.O=C(O)C(F)(F)F. The molecule has 0 amide bonds. The third-order valence-corrected chi connectivity index (χ3v) is 5.42. The second-order valence-electron chi connectivity index (χ2n) is 7.12. The van der Waals surface area contributed by atoms with Crippen LogP contribution in [0.2, 0.25) is 10.0 Å². The van der Waals surface area contributed by atoms with Gasteiger partial charge >= 0.3 is 12.1 Å². The monoisotopic (exact) mass is 507 g/mol. The summed E-state index contributed by atoms with van der Waals surface area (Å²) < 4.78 is 31.7. The molecule has 0 aromatic heterocycles. The van der Waals surface area contributed by atoms with Crippen molar-refractivity contribution in [2.75, 3.05) is 25.5 Å². The molecule has 2 aromatic rings. The summed E-state index contributed by atoms with van der Waals surface area (Å²) in [5.41, 5.74) is 4.56. The van der Waals surface area contributed by atoms with E-state index in [9.17, 15) is 13.2 Å². The van der Waals surface area contributed by atoms with Crippen LogP contribution in [0.5, 0.6) is 0 Å². The molecule has 0 bridgehead atoms. The number of carboxylic acids is 1. The minimum absolute atomic E-state index is 0.222. The largest absolute Gasteiger partial charge is 0.490 e. The van der Waals surface area contributed by atoms with Crippen LogP contribution in [-0.4, -0.2) is 47.4 Å². The van der Waals surface area contributed by atoms with Crippen LogP contribution in [0.3, 0.4) is 0 Å². The Morgan fingerprint density at radius 2 is 1.94 bits per heavy atom. The number of hydrogen-bond donors (Lipinski definition) is 3. The van der Waals surface area contributed by atoms with Crippen LogP contribution in [0.4, 0.5) is 18.9 Å². The van der Waals surface area contributed by atoms with E-state index in [2.05, 4.69) is 34.7 Å². The summed E-state index contributed by atoms with van der Waals surface area (Å²) in [6, 6.07) is 12.2. The predicted octanol–water partition coefficient (Wildman–Crippen LogP) is 5.51. The number of rotatable bonds is 3. The summed E-state index contributed by atoms with van der Waals surface area (Å²) in [6.07, 6.45) is -5.08. The normalized spacial score (nSPS) is 15.8. The number of carbonyl (C=O) groups is 1. The maximum absolute atomic E-state index is 10.6. The van der Waals surface area contributed by atoms with Gasteiger partial charge in [-0.3, -0.25) is 0 Å². The first kappa shape index (κ1) is 26.2. The van der Waals surface area contributed by atoms with Crippen molar-refractivity contribution >= 4 is 52.2 Å². The standard InChI is InChI=1S/C19H21Cl2N3S.C2HF3O2/c1-3-22-19(25)23-14-6-4-5-12(7-14)16-10-24(2)11-17-15(16)8-13(20)9-18(17)21;3-2(4,5)1(6)7/h4-9,16H,3,10-11H2,1-2H3,(H2,22,23,25);(H,6,7). The average Bonchev–Trinajstić information content (AvgIpc) is 2.68. The number of likely N-dealkylation sites (N-methyl/N-ethyl adjacent to an activating group) is 1. The molecular weight excluding hydrogens is 486 g/mol. The predicted molar refractivity (Wildman–Crippen MR) is 125 cm³/mol. The molecule has 0 saturated carbocycles. The molecule has 1 heterocycles. The van der Waals surface area contributed by atoms with Crippen molar-refractivity contribution in [3.8, 4) is 0 Å². The maximum Gasteiger partial charge on any atom is 0.490 e. The third kappa shape index (κ3) is 7.23. The molecule has 1 atom stereocenters. The van der Waals surface area contributed by atoms with Crippen molar-refractivity contribution in [3.05, 3.63) is 63.1 Å². The number of hydrogen-bond acceptors (Lipinski definition) is 3. The van der Waals surface area contributed by atoms with Gasteiger partial charge < -0.3 is 20.6 Å². The Kier molecular flexibility index (Phi) is 9.15. The van der Waals surface area contributed by atoms with Gasteiger partial charge in [0.05, 0.1) is 0 Å². The molecule has 11 heteroatoms. The van der Waals surface area contributed by atoms with Crippen molar-refractivity contribution in [3.63, 3.8) is 0 Å². The van der Waals surface area contributed by atoms with Crippen molar-refractivity contribution in [1.82, 2.24) is 10.2 Å². The van der Waals surface area contributed by atoms with E-state index in [1.807, 2.05) is 31.2 Å². The van der Waals surface area contributed by atoms with Crippen LogP contribution in [-0.2, 0) is 11.3 Å². The first-order chi connectivity index (χ1) is 14.9. The molecule has 1 aliphatic rings. The Morgan fingerprint density at radius 3 is 2.53 bits per heavy atom. The molecule has 2 aromatic carbocycles. The van der Waals surface area contributed by atoms with Crippen molar-refractivity contribution in [1.29, 1.82) is 0 Å². The number of alkyl halides is 3. The third-order valence-electron chi connectivity index (χ3n) is 4.62. The van der Waals surface area contributed by atoms with E-state index >= 15 is 0 Å². The van der Waals surface area contributed by atoms with Crippen molar-refractivity contribution < 1.29 is 23.1 Å². The van der Waals surface area contributed by atoms with E-state index in [-0.39, 0.29) is 5.92 Å². The lowest BCUT2D eigenvalue weighted by Crippen LogP contribution is -2.31. The first-order valence-corrected chi connectivity index (χ1v) is 10.7. The smallest absolute Gasteiger partial charge is 0.475 e. The summed E-state index contributed by atoms with van der Waals surface area (Å²) in [6.45, 7) is 4.57. The Bertz CT molecular complexity index is 989. The van der Waals surface area contributed by atoms with Gasteiger partial charge in [-0.15, -0.1) is 0 Å². The average molecular weight is 508 g/mol. The maximum atomic E-state index is 10.6. The molecule has 0 radical (unpaired) electrons. The molecule has 1 unspecified atom stereocenters. The fourth-order valence-electron chi connectivity index (χ4n) is 3.30. The van der Waals surface area contributed by atoms with Crippen LogP contribution >= 0.6 is 35.4 Å².